The summed E-state index contributed by atoms with van der Waals surface area (Å²) in [6, 6.07) is -0.829. The Kier molecular flexibility index (Phi) is 4.51. The summed E-state index contributed by atoms with van der Waals surface area (Å²) in [5, 5.41) is 15.0. The van der Waals surface area contributed by atoms with E-state index in [9.17, 15) is 9.59 Å². The molecule has 1 unspecified atom stereocenters. The molecule has 0 aromatic heterocycles. The van der Waals surface area contributed by atoms with Gasteiger partial charge in [-0.1, -0.05) is 20.8 Å². The number of carbonyl (C=O) groups excluding carboxylic acids is 1. The molecule has 3 N–H and O–H groups in total. The molecule has 0 bridgehead atoms. The number of nitrogens with one attached hydrogen (secondary N) is 2. The summed E-state index contributed by atoms with van der Waals surface area (Å²) in [7, 11) is 0. The highest BCUT2D eigenvalue weighted by Gasteiger charge is 2.34. The molecule has 0 radical (unpaired) electrons. The van der Waals surface area contributed by atoms with Crippen molar-refractivity contribution < 1.29 is 14.7 Å². The van der Waals surface area contributed by atoms with Crippen LogP contribution in [0.3, 0.4) is 0 Å². The highest BCUT2D eigenvalue weighted by molar-refractivity contribution is 5.85. The van der Waals surface area contributed by atoms with Crippen LogP contribution >= 0.6 is 0 Å². The van der Waals surface area contributed by atoms with Gasteiger partial charge in [0.15, 0.2) is 0 Å². The molecule has 1 amide bonds. The van der Waals surface area contributed by atoms with Crippen LogP contribution in [0, 0.1) is 11.3 Å². The lowest BCUT2D eigenvalue weighted by molar-refractivity contribution is -0.145. The van der Waals surface area contributed by atoms with Crippen molar-refractivity contribution in [3.8, 4) is 0 Å². The van der Waals surface area contributed by atoms with Crippen molar-refractivity contribution in [1.29, 1.82) is 0 Å². The van der Waals surface area contributed by atoms with E-state index >= 15 is 0 Å². The van der Waals surface area contributed by atoms with Gasteiger partial charge in [0.1, 0.15) is 6.04 Å². The SMILES string of the molecule is CC(C)(C)C(NC(=O)C1CCNCC1)C(=O)O. The molecule has 1 rings (SSSR count). The lowest BCUT2D eigenvalue weighted by atomic mass is 9.86. The van der Waals surface area contributed by atoms with Crippen molar-refractivity contribution in [2.24, 2.45) is 11.3 Å². The first-order chi connectivity index (χ1) is 7.82. The fraction of sp³-hybridized carbons (Fsp3) is 0.833. The van der Waals surface area contributed by atoms with Gasteiger partial charge < -0.3 is 15.7 Å². The van der Waals surface area contributed by atoms with E-state index < -0.39 is 17.4 Å². The predicted octanol–water partition coefficient (Wildman–Crippen LogP) is 0.601. The van der Waals surface area contributed by atoms with Crippen LogP contribution in [0.1, 0.15) is 33.6 Å². The number of hydrogen-bond acceptors (Lipinski definition) is 3. The molecule has 0 aliphatic carbocycles. The van der Waals surface area contributed by atoms with E-state index in [4.69, 9.17) is 5.11 Å². The van der Waals surface area contributed by atoms with Crippen LogP contribution < -0.4 is 10.6 Å². The van der Waals surface area contributed by atoms with Gasteiger partial charge >= 0.3 is 5.97 Å². The van der Waals surface area contributed by atoms with Crippen molar-refractivity contribution in [2.45, 2.75) is 39.7 Å². The number of carbonyl (C=O) groups is 2. The molecular weight excluding hydrogens is 220 g/mol. The first-order valence-corrected chi connectivity index (χ1v) is 6.06. The van der Waals surface area contributed by atoms with Crippen molar-refractivity contribution >= 4 is 11.9 Å². The van der Waals surface area contributed by atoms with Crippen LogP contribution in [-0.4, -0.2) is 36.1 Å². The molecule has 0 saturated carbocycles. The summed E-state index contributed by atoms with van der Waals surface area (Å²) in [6.45, 7) is 7.09. The highest BCUT2D eigenvalue weighted by Crippen LogP contribution is 2.21. The number of piperidine rings is 1. The van der Waals surface area contributed by atoms with Crippen molar-refractivity contribution in [3.63, 3.8) is 0 Å². The Morgan fingerprint density at radius 2 is 1.82 bits per heavy atom. The van der Waals surface area contributed by atoms with E-state index in [0.29, 0.717) is 0 Å². The minimum atomic E-state index is -0.972. The second-order valence-corrected chi connectivity index (χ2v) is 5.67. The molecule has 98 valence electrons. The van der Waals surface area contributed by atoms with Crippen LogP contribution in [-0.2, 0) is 9.59 Å². The van der Waals surface area contributed by atoms with E-state index in [1.54, 1.807) is 0 Å². The summed E-state index contributed by atoms with van der Waals surface area (Å²) < 4.78 is 0. The average molecular weight is 242 g/mol. The zero-order chi connectivity index (χ0) is 13.1. The van der Waals surface area contributed by atoms with Gasteiger partial charge in [-0.05, 0) is 31.3 Å². The number of carboxylic acids is 1. The molecule has 5 heteroatoms. The minimum absolute atomic E-state index is 0.0551. The molecule has 1 heterocycles. The highest BCUT2D eigenvalue weighted by atomic mass is 16.4. The Labute approximate surface area is 102 Å². The third-order valence-electron chi connectivity index (χ3n) is 3.11. The number of carboxylic acid groups (broad SMARTS) is 1. The number of rotatable bonds is 3. The molecule has 1 aliphatic rings. The Morgan fingerprint density at radius 1 is 1.29 bits per heavy atom. The Bertz CT molecular complexity index is 291. The average Bonchev–Trinajstić information content (AvgIpc) is 2.24. The molecule has 1 aliphatic heterocycles. The molecule has 0 aromatic rings. The van der Waals surface area contributed by atoms with Crippen LogP contribution in [0.2, 0.25) is 0 Å². The maximum atomic E-state index is 12.0. The third-order valence-corrected chi connectivity index (χ3v) is 3.11. The quantitative estimate of drug-likeness (QED) is 0.677. The topological polar surface area (TPSA) is 78.4 Å². The lowest BCUT2D eigenvalue weighted by Crippen LogP contribution is -2.51. The van der Waals surface area contributed by atoms with Gasteiger partial charge in [-0.15, -0.1) is 0 Å². The smallest absolute Gasteiger partial charge is 0.326 e. The van der Waals surface area contributed by atoms with E-state index in [1.165, 1.54) is 0 Å². The largest absolute Gasteiger partial charge is 0.480 e. The monoisotopic (exact) mass is 242 g/mol. The normalized spacial score (nSPS) is 19.7. The molecular formula is C12H22N2O3. The Balaban J connectivity index is 2.60. The number of hydrogen-bond donors (Lipinski definition) is 3. The van der Waals surface area contributed by atoms with Gasteiger partial charge in [0.25, 0.3) is 0 Å². The minimum Gasteiger partial charge on any atom is -0.480 e. The maximum absolute atomic E-state index is 12.0. The predicted molar refractivity (Wildman–Crippen MR) is 64.6 cm³/mol. The molecule has 0 spiro atoms. The number of aliphatic carboxylic acids is 1. The van der Waals surface area contributed by atoms with Crippen LogP contribution in [0.15, 0.2) is 0 Å². The molecule has 1 fully saturated rings. The van der Waals surface area contributed by atoms with Crippen molar-refractivity contribution in [1.82, 2.24) is 10.6 Å². The second kappa shape index (κ2) is 5.49. The zero-order valence-corrected chi connectivity index (χ0v) is 10.7. The molecule has 1 atom stereocenters. The summed E-state index contributed by atoms with van der Waals surface area (Å²) in [6.07, 6.45) is 1.56. The molecule has 5 nitrogen and oxygen atoms in total. The van der Waals surface area contributed by atoms with Gasteiger partial charge in [-0.3, -0.25) is 4.79 Å². The molecule has 17 heavy (non-hydrogen) atoms. The third kappa shape index (κ3) is 4.00. The van der Waals surface area contributed by atoms with Gasteiger partial charge in [-0.2, -0.15) is 0 Å². The first-order valence-electron chi connectivity index (χ1n) is 6.06. The van der Waals surface area contributed by atoms with Crippen LogP contribution in [0.4, 0.5) is 0 Å². The number of amides is 1. The Hall–Kier alpha value is -1.10. The first kappa shape index (κ1) is 14.0. The molecule has 1 saturated heterocycles. The summed E-state index contributed by atoms with van der Waals surface area (Å²) >= 11 is 0. The van der Waals surface area contributed by atoms with E-state index in [2.05, 4.69) is 10.6 Å². The van der Waals surface area contributed by atoms with E-state index in [-0.39, 0.29) is 11.8 Å². The fourth-order valence-electron chi connectivity index (χ4n) is 1.99. The summed E-state index contributed by atoms with van der Waals surface area (Å²) in [5.74, 6) is -1.16. The van der Waals surface area contributed by atoms with E-state index in [0.717, 1.165) is 25.9 Å². The lowest BCUT2D eigenvalue weighted by Gasteiger charge is -2.30. The summed E-state index contributed by atoms with van der Waals surface area (Å²) in [5.41, 5.74) is -0.478. The maximum Gasteiger partial charge on any atom is 0.326 e. The molecule has 0 aromatic carbocycles. The fourth-order valence-corrected chi connectivity index (χ4v) is 1.99. The van der Waals surface area contributed by atoms with Crippen molar-refractivity contribution in [2.75, 3.05) is 13.1 Å². The van der Waals surface area contributed by atoms with Gasteiger partial charge in [0.05, 0.1) is 0 Å². The summed E-state index contributed by atoms with van der Waals surface area (Å²) in [4.78, 5) is 23.1. The second-order valence-electron chi connectivity index (χ2n) is 5.67. The van der Waals surface area contributed by atoms with Gasteiger partial charge in [-0.25, -0.2) is 4.79 Å². The standard InChI is InChI=1S/C12H22N2O3/c1-12(2,3)9(11(16)17)14-10(15)8-4-6-13-7-5-8/h8-9,13H,4-7H2,1-3H3,(H,14,15)(H,16,17). The van der Waals surface area contributed by atoms with Crippen LogP contribution in [0.25, 0.3) is 0 Å². The van der Waals surface area contributed by atoms with Crippen LogP contribution in [0.5, 0.6) is 0 Å². The van der Waals surface area contributed by atoms with Crippen molar-refractivity contribution in [3.05, 3.63) is 0 Å². The van der Waals surface area contributed by atoms with E-state index in [1.807, 2.05) is 20.8 Å². The van der Waals surface area contributed by atoms with Gasteiger partial charge in [0.2, 0.25) is 5.91 Å². The Morgan fingerprint density at radius 3 is 2.24 bits per heavy atom. The van der Waals surface area contributed by atoms with Gasteiger partial charge in [0, 0.05) is 5.92 Å². The zero-order valence-electron chi connectivity index (χ0n) is 10.7.